The van der Waals surface area contributed by atoms with E-state index in [1.165, 1.54) is 0 Å². The van der Waals surface area contributed by atoms with Gasteiger partial charge in [0.15, 0.2) is 11.6 Å². The van der Waals surface area contributed by atoms with Crippen LogP contribution in [0.2, 0.25) is 0 Å². The molecule has 20 heavy (non-hydrogen) atoms. The number of hydrogen-bond donors (Lipinski definition) is 1. The van der Waals surface area contributed by atoms with Crippen LogP contribution in [0.4, 0.5) is 14.5 Å². The number of aryl methyl sites for hydroxylation is 2. The fourth-order valence-corrected chi connectivity index (χ4v) is 2.13. The van der Waals surface area contributed by atoms with Crippen LogP contribution in [0.1, 0.15) is 21.5 Å². The van der Waals surface area contributed by atoms with Crippen LogP contribution in [0, 0.1) is 25.5 Å². The van der Waals surface area contributed by atoms with Gasteiger partial charge in [-0.2, -0.15) is 0 Å². The average molecular weight is 340 g/mol. The molecular weight excluding hydrogens is 328 g/mol. The average Bonchev–Trinajstić information content (AvgIpc) is 2.36. The second-order valence-corrected chi connectivity index (χ2v) is 5.41. The first-order valence-electron chi connectivity index (χ1n) is 5.91. The summed E-state index contributed by atoms with van der Waals surface area (Å²) in [5.41, 5.74) is 1.89. The van der Waals surface area contributed by atoms with Crippen LogP contribution in [0.3, 0.4) is 0 Å². The minimum Gasteiger partial charge on any atom is -0.317 e. The van der Waals surface area contributed by atoms with Gasteiger partial charge in [0.05, 0.1) is 0 Å². The maximum atomic E-state index is 13.6. The van der Waals surface area contributed by atoms with Gasteiger partial charge in [-0.15, -0.1) is 0 Å². The lowest BCUT2D eigenvalue weighted by atomic mass is 10.1. The van der Waals surface area contributed by atoms with Crippen LogP contribution in [-0.2, 0) is 0 Å². The molecule has 0 fully saturated rings. The third kappa shape index (κ3) is 3.04. The number of benzene rings is 2. The topological polar surface area (TPSA) is 29.1 Å². The van der Waals surface area contributed by atoms with Gasteiger partial charge in [-0.05, 0) is 49.2 Å². The van der Waals surface area contributed by atoms with Crippen molar-refractivity contribution in [2.24, 2.45) is 0 Å². The molecule has 0 bridgehead atoms. The second-order valence-electron chi connectivity index (χ2n) is 4.50. The Morgan fingerprint density at radius 1 is 1.05 bits per heavy atom. The van der Waals surface area contributed by atoms with E-state index in [4.69, 9.17) is 0 Å². The minimum absolute atomic E-state index is 0.275. The molecule has 2 aromatic rings. The second kappa shape index (κ2) is 5.71. The van der Waals surface area contributed by atoms with Crippen molar-refractivity contribution in [1.82, 2.24) is 0 Å². The summed E-state index contributed by atoms with van der Waals surface area (Å²) >= 11 is 2.98. The smallest absolute Gasteiger partial charge is 0.255 e. The molecule has 0 atom stereocenters. The first-order chi connectivity index (χ1) is 9.38. The van der Waals surface area contributed by atoms with Crippen molar-refractivity contribution < 1.29 is 13.6 Å². The Morgan fingerprint density at radius 3 is 2.20 bits per heavy atom. The quantitative estimate of drug-likeness (QED) is 0.851. The van der Waals surface area contributed by atoms with E-state index >= 15 is 0 Å². The van der Waals surface area contributed by atoms with Gasteiger partial charge in [0, 0.05) is 10.0 Å². The number of hydrogen-bond acceptors (Lipinski definition) is 1. The van der Waals surface area contributed by atoms with Gasteiger partial charge in [0.2, 0.25) is 0 Å². The summed E-state index contributed by atoms with van der Waals surface area (Å²) in [5.74, 6) is -2.20. The summed E-state index contributed by atoms with van der Waals surface area (Å²) in [7, 11) is 0. The maximum absolute atomic E-state index is 13.6. The summed E-state index contributed by atoms with van der Waals surface area (Å²) in [6, 6.07) is 7.28. The summed E-state index contributed by atoms with van der Waals surface area (Å²) in [4.78, 5) is 12.0. The Balaban J connectivity index is 2.30. The van der Waals surface area contributed by atoms with E-state index in [-0.39, 0.29) is 4.47 Å². The fourth-order valence-electron chi connectivity index (χ4n) is 1.73. The molecular formula is C15H12BrF2NO. The molecule has 0 aliphatic heterocycles. The SMILES string of the molecule is Cc1ccc(C(=O)Nc2c(F)cc(Br)cc2F)cc1C. The maximum Gasteiger partial charge on any atom is 0.255 e. The summed E-state index contributed by atoms with van der Waals surface area (Å²) in [6.45, 7) is 3.79. The van der Waals surface area contributed by atoms with Crippen LogP contribution >= 0.6 is 15.9 Å². The van der Waals surface area contributed by atoms with Gasteiger partial charge in [0.1, 0.15) is 5.69 Å². The Morgan fingerprint density at radius 2 is 1.65 bits per heavy atom. The highest BCUT2D eigenvalue weighted by Crippen LogP contribution is 2.24. The molecule has 104 valence electrons. The molecule has 1 N–H and O–H groups in total. The van der Waals surface area contributed by atoms with Gasteiger partial charge in [-0.3, -0.25) is 4.79 Å². The zero-order valence-electron chi connectivity index (χ0n) is 10.9. The highest BCUT2D eigenvalue weighted by molar-refractivity contribution is 9.10. The van der Waals surface area contributed by atoms with Crippen LogP contribution in [-0.4, -0.2) is 5.91 Å². The van der Waals surface area contributed by atoms with Crippen molar-refractivity contribution >= 4 is 27.5 Å². The molecule has 2 nitrogen and oxygen atoms in total. The zero-order chi connectivity index (χ0) is 14.9. The first-order valence-corrected chi connectivity index (χ1v) is 6.71. The molecule has 0 saturated heterocycles. The van der Waals surface area contributed by atoms with E-state index in [2.05, 4.69) is 21.2 Å². The van der Waals surface area contributed by atoms with Crippen LogP contribution in [0.15, 0.2) is 34.8 Å². The van der Waals surface area contributed by atoms with E-state index in [1.54, 1.807) is 18.2 Å². The van der Waals surface area contributed by atoms with Gasteiger partial charge in [0.25, 0.3) is 5.91 Å². The number of anilines is 1. The highest BCUT2D eigenvalue weighted by atomic mass is 79.9. The number of nitrogens with one attached hydrogen (secondary N) is 1. The molecule has 1 amide bonds. The van der Waals surface area contributed by atoms with Gasteiger partial charge >= 0.3 is 0 Å². The molecule has 0 spiro atoms. The van der Waals surface area contributed by atoms with E-state index < -0.39 is 23.2 Å². The Hall–Kier alpha value is -1.75. The lowest BCUT2D eigenvalue weighted by Crippen LogP contribution is -2.14. The van der Waals surface area contributed by atoms with Gasteiger partial charge in [-0.1, -0.05) is 22.0 Å². The normalized spacial score (nSPS) is 10.4. The number of amides is 1. The first kappa shape index (κ1) is 14.7. The lowest BCUT2D eigenvalue weighted by molar-refractivity contribution is 0.102. The zero-order valence-corrected chi connectivity index (χ0v) is 12.5. The van der Waals surface area contributed by atoms with Crippen LogP contribution in [0.5, 0.6) is 0 Å². The minimum atomic E-state index is -0.825. The molecule has 0 radical (unpaired) electrons. The predicted octanol–water partition coefficient (Wildman–Crippen LogP) is 4.60. The Labute approximate surface area is 123 Å². The molecule has 2 rings (SSSR count). The predicted molar refractivity (Wildman–Crippen MR) is 77.9 cm³/mol. The van der Waals surface area contributed by atoms with E-state index in [9.17, 15) is 13.6 Å². The van der Waals surface area contributed by atoms with Crippen LogP contribution < -0.4 is 5.32 Å². The van der Waals surface area contributed by atoms with Gasteiger partial charge in [-0.25, -0.2) is 8.78 Å². The number of rotatable bonds is 2. The Kier molecular flexibility index (Phi) is 4.18. The largest absolute Gasteiger partial charge is 0.317 e. The van der Waals surface area contributed by atoms with Gasteiger partial charge < -0.3 is 5.32 Å². The van der Waals surface area contributed by atoms with Crippen LogP contribution in [0.25, 0.3) is 0 Å². The van der Waals surface area contributed by atoms with Crippen molar-refractivity contribution in [2.75, 3.05) is 5.32 Å². The molecule has 0 aliphatic rings. The molecule has 0 heterocycles. The number of carbonyl (C=O) groups excluding carboxylic acids is 1. The standard InChI is InChI=1S/C15H12BrF2NO/c1-8-3-4-10(5-9(8)2)15(20)19-14-12(17)6-11(16)7-13(14)18/h3-7H,1-2H3,(H,19,20). The Bertz CT molecular complexity index is 663. The van der Waals surface area contributed by atoms with Crippen molar-refractivity contribution in [3.8, 4) is 0 Å². The molecule has 0 unspecified atom stereocenters. The van der Waals surface area contributed by atoms with E-state index in [1.807, 2.05) is 13.8 Å². The molecule has 0 aromatic heterocycles. The lowest BCUT2D eigenvalue weighted by Gasteiger charge is -2.09. The van der Waals surface area contributed by atoms with E-state index in [0.29, 0.717) is 5.56 Å². The van der Waals surface area contributed by atoms with Crippen molar-refractivity contribution in [1.29, 1.82) is 0 Å². The third-order valence-corrected chi connectivity index (χ3v) is 3.47. The highest BCUT2D eigenvalue weighted by Gasteiger charge is 2.15. The number of carbonyl (C=O) groups is 1. The molecule has 0 aliphatic carbocycles. The van der Waals surface area contributed by atoms with Crippen molar-refractivity contribution in [2.45, 2.75) is 13.8 Å². The monoisotopic (exact) mass is 339 g/mol. The fraction of sp³-hybridized carbons (Fsp3) is 0.133. The summed E-state index contributed by atoms with van der Waals surface area (Å²) < 4.78 is 27.6. The number of halogens is 3. The van der Waals surface area contributed by atoms with Crippen molar-refractivity contribution in [3.63, 3.8) is 0 Å². The molecule has 0 saturated carbocycles. The molecule has 5 heteroatoms. The molecule has 2 aromatic carbocycles. The van der Waals surface area contributed by atoms with Crippen molar-refractivity contribution in [3.05, 3.63) is 63.1 Å². The summed E-state index contributed by atoms with van der Waals surface area (Å²) in [6.07, 6.45) is 0. The van der Waals surface area contributed by atoms with E-state index in [0.717, 1.165) is 23.3 Å². The third-order valence-electron chi connectivity index (χ3n) is 3.01. The summed E-state index contributed by atoms with van der Waals surface area (Å²) in [5, 5.41) is 2.26.